The Labute approximate surface area is 204 Å². The summed E-state index contributed by atoms with van der Waals surface area (Å²) in [5.74, 6) is -2.47. The van der Waals surface area contributed by atoms with Crippen molar-refractivity contribution in [2.45, 2.75) is 50.4 Å². The number of halogens is 5. The number of hydrogen-bond acceptors (Lipinski definition) is 6. The second kappa shape index (κ2) is 9.73. The molecule has 1 aliphatic carbocycles. The molecule has 2 atom stereocenters. The summed E-state index contributed by atoms with van der Waals surface area (Å²) in [5.41, 5.74) is -2.61. The molecule has 0 radical (unpaired) electrons. The third-order valence-corrected chi connectivity index (χ3v) is 6.45. The number of ether oxygens (including phenoxy) is 1. The highest BCUT2D eigenvalue weighted by Crippen LogP contribution is 2.60. The zero-order valence-electron chi connectivity index (χ0n) is 18.9. The molecule has 1 aromatic heterocycles. The van der Waals surface area contributed by atoms with Crippen LogP contribution >= 0.6 is 11.6 Å². The molecule has 13 heteroatoms. The number of benzene rings is 1. The summed E-state index contributed by atoms with van der Waals surface area (Å²) in [5, 5.41) is 3.07. The van der Waals surface area contributed by atoms with Gasteiger partial charge in [0.1, 0.15) is 23.0 Å². The molecular weight excluding hydrogens is 514 g/mol. The van der Waals surface area contributed by atoms with Crippen LogP contribution in [0.15, 0.2) is 35.9 Å². The van der Waals surface area contributed by atoms with Crippen LogP contribution in [0.1, 0.15) is 54.7 Å². The summed E-state index contributed by atoms with van der Waals surface area (Å²) in [7, 11) is -3.44. The summed E-state index contributed by atoms with van der Waals surface area (Å²) >= 11 is 5.98. The molecule has 1 amide bonds. The topological polar surface area (TPSA) is 98.2 Å². The van der Waals surface area contributed by atoms with Gasteiger partial charge in [-0.15, -0.1) is 0 Å². The molecule has 0 spiro atoms. The molecule has 3 rings (SSSR count). The largest absolute Gasteiger partial charge is 0.482 e. The van der Waals surface area contributed by atoms with Crippen molar-refractivity contribution in [2.75, 3.05) is 6.26 Å². The average molecular weight is 536 g/mol. The van der Waals surface area contributed by atoms with Crippen LogP contribution in [-0.2, 0) is 15.3 Å². The van der Waals surface area contributed by atoms with E-state index in [1.165, 1.54) is 32.1 Å². The number of nitrogens with zero attached hydrogens (tertiary/aromatic N) is 2. The predicted octanol–water partition coefficient (Wildman–Crippen LogP) is 4.68. The Morgan fingerprint density at radius 3 is 2.51 bits per heavy atom. The maximum Gasteiger partial charge on any atom is 0.400 e. The van der Waals surface area contributed by atoms with Gasteiger partial charge in [-0.2, -0.15) is 13.2 Å². The van der Waals surface area contributed by atoms with Gasteiger partial charge in [0.2, 0.25) is 5.82 Å². The van der Waals surface area contributed by atoms with Crippen LogP contribution in [-0.4, -0.2) is 42.8 Å². The highest BCUT2D eigenvalue weighted by molar-refractivity contribution is 7.93. The van der Waals surface area contributed by atoms with Gasteiger partial charge >= 0.3 is 6.18 Å². The zero-order chi connectivity index (χ0) is 26.2. The molecule has 1 aliphatic rings. The third kappa shape index (κ3) is 6.10. The van der Waals surface area contributed by atoms with E-state index in [0.717, 1.165) is 23.9 Å². The van der Waals surface area contributed by atoms with E-state index in [1.54, 1.807) is 0 Å². The summed E-state index contributed by atoms with van der Waals surface area (Å²) in [6, 6.07) is 3.22. The molecule has 35 heavy (non-hydrogen) atoms. The van der Waals surface area contributed by atoms with Crippen molar-refractivity contribution in [2.24, 2.45) is 0 Å². The molecule has 0 bridgehead atoms. The van der Waals surface area contributed by atoms with E-state index >= 15 is 0 Å². The zero-order valence-corrected chi connectivity index (χ0v) is 20.4. The molecule has 0 aliphatic heterocycles. The number of nitrogens with one attached hydrogen (secondary N) is 1. The number of rotatable bonds is 8. The smallest absolute Gasteiger partial charge is 0.400 e. The molecule has 1 heterocycles. The molecular formula is C22H22ClF4N3O4S. The molecule has 7 nitrogen and oxygen atoms in total. The molecule has 1 N–H and O–H groups in total. The maximum absolute atomic E-state index is 13.9. The highest BCUT2D eigenvalue weighted by atomic mass is 35.5. The number of amides is 1. The fourth-order valence-electron chi connectivity index (χ4n) is 3.36. The molecule has 0 saturated heterocycles. The first-order chi connectivity index (χ1) is 16.1. The first-order valence-electron chi connectivity index (χ1n) is 10.4. The second-order valence-corrected chi connectivity index (χ2v) is 10.6. The van der Waals surface area contributed by atoms with E-state index in [0.29, 0.717) is 0 Å². The van der Waals surface area contributed by atoms with Gasteiger partial charge in [0.15, 0.2) is 15.6 Å². The van der Waals surface area contributed by atoms with E-state index in [-0.39, 0.29) is 29.2 Å². The van der Waals surface area contributed by atoms with Crippen LogP contribution in [0.3, 0.4) is 0 Å². The average Bonchev–Trinajstić information content (AvgIpc) is 3.56. The second-order valence-electron chi connectivity index (χ2n) is 8.31. The number of sulfone groups is 1. The summed E-state index contributed by atoms with van der Waals surface area (Å²) in [6.07, 6.45) is -3.00. The van der Waals surface area contributed by atoms with E-state index in [1.807, 2.05) is 0 Å². The van der Waals surface area contributed by atoms with Crippen molar-refractivity contribution in [3.63, 3.8) is 0 Å². The predicted molar refractivity (Wildman–Crippen MR) is 120 cm³/mol. The van der Waals surface area contributed by atoms with Crippen molar-refractivity contribution in [3.05, 3.63) is 63.8 Å². The first-order valence-corrected chi connectivity index (χ1v) is 12.7. The Morgan fingerprint density at radius 1 is 1.29 bits per heavy atom. The number of alkyl halides is 3. The molecule has 190 valence electrons. The number of carbonyl (C=O) groups excluding carboxylic acids is 1. The highest BCUT2D eigenvalue weighted by Gasteiger charge is 2.66. The van der Waals surface area contributed by atoms with Crippen LogP contribution < -0.4 is 10.1 Å². The van der Waals surface area contributed by atoms with E-state index < -0.39 is 56.8 Å². The monoisotopic (exact) mass is 535 g/mol. The van der Waals surface area contributed by atoms with Crippen molar-refractivity contribution < 1.29 is 35.5 Å². The van der Waals surface area contributed by atoms with Crippen LogP contribution in [0.4, 0.5) is 17.6 Å². The Hall–Kier alpha value is -2.73. The van der Waals surface area contributed by atoms with Crippen LogP contribution in [0.25, 0.3) is 0 Å². The van der Waals surface area contributed by atoms with Crippen molar-refractivity contribution in [3.8, 4) is 5.75 Å². The van der Waals surface area contributed by atoms with Gasteiger partial charge in [0.25, 0.3) is 5.91 Å². The lowest BCUT2D eigenvalue weighted by Gasteiger charge is -2.24. The molecule has 0 unspecified atom stereocenters. The molecule has 1 saturated carbocycles. The summed E-state index contributed by atoms with van der Waals surface area (Å²) in [4.78, 5) is 20.3. The minimum Gasteiger partial charge on any atom is -0.482 e. The SMILES string of the molecule is C[C@H](/C=C/S(C)(=O)=O)NC(=O)c1ncc(O[C@@H](C)c2cccc(F)c2Cl)c(C2(C(F)(F)F)CC2)n1. The van der Waals surface area contributed by atoms with E-state index in [4.69, 9.17) is 16.3 Å². The first kappa shape index (κ1) is 26.9. The molecule has 1 fully saturated rings. The van der Waals surface area contributed by atoms with Crippen molar-refractivity contribution >= 4 is 27.3 Å². The van der Waals surface area contributed by atoms with Gasteiger partial charge < -0.3 is 10.1 Å². The minimum absolute atomic E-state index is 0.211. The van der Waals surface area contributed by atoms with Crippen molar-refractivity contribution in [1.29, 1.82) is 0 Å². The van der Waals surface area contributed by atoms with Gasteiger partial charge in [0.05, 0.1) is 11.2 Å². The van der Waals surface area contributed by atoms with Crippen LogP contribution in [0.2, 0.25) is 5.02 Å². The van der Waals surface area contributed by atoms with Gasteiger partial charge in [0, 0.05) is 23.3 Å². The Morgan fingerprint density at radius 2 is 1.94 bits per heavy atom. The molecule has 1 aromatic carbocycles. The normalized spacial score (nSPS) is 17.1. The lowest BCUT2D eigenvalue weighted by Crippen LogP contribution is -2.35. The third-order valence-electron chi connectivity index (χ3n) is 5.40. The minimum atomic E-state index is -4.67. The van der Waals surface area contributed by atoms with Crippen LogP contribution in [0, 0.1) is 5.82 Å². The lowest BCUT2D eigenvalue weighted by molar-refractivity contribution is -0.162. The maximum atomic E-state index is 13.9. The molecule has 2 aromatic rings. The van der Waals surface area contributed by atoms with E-state index in [9.17, 15) is 30.8 Å². The fourth-order valence-corrected chi connectivity index (χ4v) is 4.16. The van der Waals surface area contributed by atoms with Crippen LogP contribution in [0.5, 0.6) is 5.75 Å². The summed E-state index contributed by atoms with van der Waals surface area (Å²) in [6.45, 7) is 2.95. The van der Waals surface area contributed by atoms with Gasteiger partial charge in [-0.25, -0.2) is 22.8 Å². The standard InChI is InChI=1S/C22H22ClF4N3O4S/c1-12(7-10-35(3,32)33)29-20(31)19-28-11-16(18(30-19)21(8-9-21)22(25,26)27)34-13(2)14-5-4-6-15(24)17(14)23/h4-7,10-13H,8-9H2,1-3H3,(H,29,31)/b10-7+/t12-,13+/m1/s1. The summed E-state index contributed by atoms with van der Waals surface area (Å²) < 4.78 is 83.8. The number of hydrogen-bond donors (Lipinski definition) is 1. The van der Waals surface area contributed by atoms with Gasteiger partial charge in [-0.1, -0.05) is 29.8 Å². The number of aromatic nitrogens is 2. The van der Waals surface area contributed by atoms with Gasteiger partial charge in [-0.3, -0.25) is 4.79 Å². The number of carbonyl (C=O) groups is 1. The van der Waals surface area contributed by atoms with Crippen molar-refractivity contribution in [1.82, 2.24) is 15.3 Å². The Bertz CT molecular complexity index is 1260. The fraction of sp³-hybridized carbons (Fsp3) is 0.409. The Kier molecular flexibility index (Phi) is 7.47. The Balaban J connectivity index is 1.95. The van der Waals surface area contributed by atoms with Gasteiger partial charge in [-0.05, 0) is 32.8 Å². The van der Waals surface area contributed by atoms with E-state index in [2.05, 4.69) is 15.3 Å². The lowest BCUT2D eigenvalue weighted by atomic mass is 10.0. The quantitative estimate of drug-likeness (QED) is 0.493.